The van der Waals surface area contributed by atoms with Crippen molar-refractivity contribution in [2.24, 2.45) is 11.3 Å². The fourth-order valence-corrected chi connectivity index (χ4v) is 5.70. The highest BCUT2D eigenvalue weighted by molar-refractivity contribution is 8.02. The number of benzene rings is 1. The summed E-state index contributed by atoms with van der Waals surface area (Å²) in [5.74, 6) is 1.69. The number of carbonyl (C=O) groups is 1. The second kappa shape index (κ2) is 5.84. The molecular formula is C20H29NOS. The molecule has 1 aliphatic carbocycles. The topological polar surface area (TPSA) is 20.3 Å². The zero-order valence-electron chi connectivity index (χ0n) is 15.1. The molecule has 1 aliphatic heterocycles. The van der Waals surface area contributed by atoms with Crippen LogP contribution in [-0.4, -0.2) is 16.5 Å². The Hall–Kier alpha value is -0.960. The number of hydrogen-bond donors (Lipinski definition) is 0. The lowest BCUT2D eigenvalue weighted by atomic mass is 9.71. The van der Waals surface area contributed by atoms with E-state index >= 15 is 0 Å². The number of hydrogen-bond acceptors (Lipinski definition) is 2. The molecule has 126 valence electrons. The third kappa shape index (κ3) is 3.17. The lowest BCUT2D eigenvalue weighted by molar-refractivity contribution is -0.116. The van der Waals surface area contributed by atoms with Crippen LogP contribution in [0.4, 0.5) is 5.69 Å². The predicted octanol–water partition coefficient (Wildman–Crippen LogP) is 5.32. The van der Waals surface area contributed by atoms with Gasteiger partial charge in [-0.25, -0.2) is 0 Å². The summed E-state index contributed by atoms with van der Waals surface area (Å²) in [6.07, 6.45) is 4.70. The maximum absolute atomic E-state index is 12.7. The van der Waals surface area contributed by atoms with E-state index in [9.17, 15) is 4.79 Å². The van der Waals surface area contributed by atoms with E-state index in [4.69, 9.17) is 0 Å². The van der Waals surface area contributed by atoms with Gasteiger partial charge < -0.3 is 0 Å². The zero-order chi connectivity index (χ0) is 16.8. The van der Waals surface area contributed by atoms with Crippen LogP contribution in [0.3, 0.4) is 0 Å². The molecule has 0 unspecified atom stereocenters. The van der Waals surface area contributed by atoms with E-state index in [1.165, 1.54) is 24.0 Å². The third-order valence-electron chi connectivity index (χ3n) is 5.58. The van der Waals surface area contributed by atoms with E-state index in [2.05, 4.69) is 57.7 Å². The molecule has 1 aromatic rings. The zero-order valence-corrected chi connectivity index (χ0v) is 15.9. The summed E-state index contributed by atoms with van der Waals surface area (Å²) in [6, 6.07) is 6.53. The monoisotopic (exact) mass is 331 g/mol. The first kappa shape index (κ1) is 16.9. The Morgan fingerprint density at radius 2 is 1.65 bits per heavy atom. The smallest absolute Gasteiger partial charge is 0.238 e. The minimum Gasteiger partial charge on any atom is -0.296 e. The van der Waals surface area contributed by atoms with Crippen molar-refractivity contribution in [1.29, 1.82) is 0 Å². The van der Waals surface area contributed by atoms with Gasteiger partial charge in [0.1, 0.15) is 0 Å². The molecule has 1 amide bonds. The molecule has 0 radical (unpaired) electrons. The van der Waals surface area contributed by atoms with Crippen LogP contribution >= 0.6 is 11.8 Å². The minimum absolute atomic E-state index is 0.000926. The molecule has 2 fully saturated rings. The summed E-state index contributed by atoms with van der Waals surface area (Å²) in [4.78, 5) is 14.8. The Bertz CT molecular complexity index is 588. The van der Waals surface area contributed by atoms with Gasteiger partial charge in [0.25, 0.3) is 0 Å². The standard InChI is InChI=1S/C20H29NOS/c1-14-10-15(2)12-17(11-14)21-18(22)13-23-20(21)8-6-16(7-9-20)19(3,4)5/h10-12,16H,6-9,13H2,1-5H3. The van der Waals surface area contributed by atoms with Gasteiger partial charge in [-0.05, 0) is 74.1 Å². The molecule has 23 heavy (non-hydrogen) atoms. The number of anilines is 1. The van der Waals surface area contributed by atoms with Gasteiger partial charge in [-0.1, -0.05) is 26.8 Å². The number of rotatable bonds is 1. The van der Waals surface area contributed by atoms with Crippen LogP contribution in [-0.2, 0) is 4.79 Å². The average Bonchev–Trinajstić information content (AvgIpc) is 2.74. The molecule has 3 rings (SSSR count). The molecule has 1 saturated heterocycles. The molecular weight excluding hydrogens is 302 g/mol. The Balaban J connectivity index is 1.89. The molecule has 1 saturated carbocycles. The summed E-state index contributed by atoms with van der Waals surface area (Å²) in [5.41, 5.74) is 3.96. The van der Waals surface area contributed by atoms with Crippen LogP contribution in [0.15, 0.2) is 18.2 Å². The summed E-state index contributed by atoms with van der Waals surface area (Å²) in [7, 11) is 0. The quantitative estimate of drug-likeness (QED) is 0.694. The number of thioether (sulfide) groups is 1. The maximum Gasteiger partial charge on any atom is 0.238 e. The van der Waals surface area contributed by atoms with Crippen LogP contribution < -0.4 is 4.90 Å². The molecule has 1 heterocycles. The summed E-state index contributed by atoms with van der Waals surface area (Å²) >= 11 is 1.88. The molecule has 1 aromatic carbocycles. The average molecular weight is 332 g/mol. The van der Waals surface area contributed by atoms with Gasteiger partial charge in [0.15, 0.2) is 0 Å². The molecule has 0 bridgehead atoms. The molecule has 0 aromatic heterocycles. The van der Waals surface area contributed by atoms with Gasteiger partial charge >= 0.3 is 0 Å². The van der Waals surface area contributed by atoms with E-state index in [-0.39, 0.29) is 10.8 Å². The van der Waals surface area contributed by atoms with Gasteiger partial charge in [0, 0.05) is 5.69 Å². The second-order valence-electron chi connectivity index (χ2n) is 8.45. The Morgan fingerprint density at radius 3 is 2.17 bits per heavy atom. The van der Waals surface area contributed by atoms with Gasteiger partial charge in [-0.2, -0.15) is 0 Å². The number of aryl methyl sites for hydroxylation is 2. The van der Waals surface area contributed by atoms with E-state index in [1.54, 1.807) is 0 Å². The highest BCUT2D eigenvalue weighted by Gasteiger charge is 2.49. The molecule has 2 aliphatic rings. The van der Waals surface area contributed by atoms with Crippen LogP contribution in [0.1, 0.15) is 57.6 Å². The SMILES string of the molecule is Cc1cc(C)cc(N2C(=O)CSC23CCC(C(C)(C)C)CC3)c1. The van der Waals surface area contributed by atoms with Crippen molar-refractivity contribution in [3.8, 4) is 0 Å². The van der Waals surface area contributed by atoms with Crippen molar-refractivity contribution in [2.75, 3.05) is 10.7 Å². The first-order valence-corrected chi connectivity index (χ1v) is 9.75. The minimum atomic E-state index is -0.000926. The summed E-state index contributed by atoms with van der Waals surface area (Å²) < 4.78 is 0. The fourth-order valence-electron chi connectivity index (χ4n) is 4.31. The van der Waals surface area contributed by atoms with Crippen molar-refractivity contribution in [2.45, 2.75) is 65.2 Å². The van der Waals surface area contributed by atoms with E-state index < -0.39 is 0 Å². The van der Waals surface area contributed by atoms with E-state index in [0.29, 0.717) is 11.2 Å². The maximum atomic E-state index is 12.7. The first-order valence-electron chi connectivity index (χ1n) is 8.77. The van der Waals surface area contributed by atoms with Crippen molar-refractivity contribution < 1.29 is 4.79 Å². The highest BCUT2D eigenvalue weighted by Crippen LogP contribution is 2.52. The molecule has 3 heteroatoms. The van der Waals surface area contributed by atoms with Crippen LogP contribution in [0.25, 0.3) is 0 Å². The van der Waals surface area contributed by atoms with Gasteiger partial charge in [0.05, 0.1) is 10.6 Å². The van der Waals surface area contributed by atoms with Crippen LogP contribution in [0, 0.1) is 25.2 Å². The van der Waals surface area contributed by atoms with Gasteiger partial charge in [-0.3, -0.25) is 9.69 Å². The Morgan fingerprint density at radius 1 is 1.09 bits per heavy atom. The predicted molar refractivity (Wildman–Crippen MR) is 100 cm³/mol. The largest absolute Gasteiger partial charge is 0.296 e. The van der Waals surface area contributed by atoms with Crippen LogP contribution in [0.2, 0.25) is 0 Å². The lowest BCUT2D eigenvalue weighted by Gasteiger charge is -2.46. The molecule has 2 nitrogen and oxygen atoms in total. The van der Waals surface area contributed by atoms with Crippen molar-refractivity contribution in [1.82, 2.24) is 0 Å². The highest BCUT2D eigenvalue weighted by atomic mass is 32.2. The number of carbonyl (C=O) groups excluding carboxylic acids is 1. The Kier molecular flexibility index (Phi) is 4.29. The second-order valence-corrected chi connectivity index (χ2v) is 9.79. The number of amides is 1. The van der Waals surface area contributed by atoms with Crippen molar-refractivity contribution in [3.63, 3.8) is 0 Å². The number of nitrogens with zero attached hydrogens (tertiary/aromatic N) is 1. The Labute approximate surface area is 145 Å². The lowest BCUT2D eigenvalue weighted by Crippen LogP contribution is -2.48. The van der Waals surface area contributed by atoms with Crippen LogP contribution in [0.5, 0.6) is 0 Å². The van der Waals surface area contributed by atoms with Gasteiger partial charge in [0.2, 0.25) is 5.91 Å². The van der Waals surface area contributed by atoms with Gasteiger partial charge in [-0.15, -0.1) is 11.8 Å². The third-order valence-corrected chi connectivity index (χ3v) is 7.10. The first-order chi connectivity index (χ1) is 10.7. The molecule has 1 spiro atoms. The molecule has 0 atom stereocenters. The normalized spacial score (nSPS) is 28.7. The van der Waals surface area contributed by atoms with Crippen molar-refractivity contribution in [3.05, 3.63) is 29.3 Å². The molecule has 0 N–H and O–H groups in total. The van der Waals surface area contributed by atoms with E-state index in [0.717, 1.165) is 24.4 Å². The van der Waals surface area contributed by atoms with Crippen molar-refractivity contribution >= 4 is 23.4 Å². The summed E-state index contributed by atoms with van der Waals surface area (Å²) in [5, 5.41) is 0. The van der Waals surface area contributed by atoms with E-state index in [1.807, 2.05) is 11.8 Å². The fraction of sp³-hybridized carbons (Fsp3) is 0.650. The summed E-state index contributed by atoms with van der Waals surface area (Å²) in [6.45, 7) is 11.3.